The zero-order chi connectivity index (χ0) is 23.5. The van der Waals surface area contributed by atoms with Gasteiger partial charge >= 0.3 is 0 Å². The van der Waals surface area contributed by atoms with E-state index in [9.17, 15) is 13.6 Å². The van der Waals surface area contributed by atoms with Crippen LogP contribution in [0.25, 0.3) is 0 Å². The van der Waals surface area contributed by atoms with Gasteiger partial charge in [-0.15, -0.1) is 0 Å². The highest BCUT2D eigenvalue weighted by atomic mass is 19.1. The van der Waals surface area contributed by atoms with Gasteiger partial charge < -0.3 is 10.6 Å². The topological polar surface area (TPSA) is 41.1 Å². The number of amides is 1. The van der Waals surface area contributed by atoms with Crippen molar-refractivity contribution in [1.82, 2.24) is 10.6 Å². The molecule has 2 rings (SSSR count). The number of benzene rings is 2. The second-order valence-corrected chi connectivity index (χ2v) is 8.96. The third-order valence-electron chi connectivity index (χ3n) is 5.41. The fourth-order valence-electron chi connectivity index (χ4n) is 3.72. The minimum Gasteiger partial charge on any atom is -0.355 e. The molecule has 0 saturated carbocycles. The van der Waals surface area contributed by atoms with Crippen molar-refractivity contribution < 1.29 is 13.6 Å². The van der Waals surface area contributed by atoms with Crippen molar-refractivity contribution in [3.05, 3.63) is 82.9 Å². The van der Waals surface area contributed by atoms with Crippen molar-refractivity contribution in [1.29, 1.82) is 0 Å². The van der Waals surface area contributed by atoms with Crippen LogP contribution in [-0.4, -0.2) is 25.0 Å². The predicted molar refractivity (Wildman–Crippen MR) is 128 cm³/mol. The first-order valence-corrected chi connectivity index (χ1v) is 11.4. The van der Waals surface area contributed by atoms with Gasteiger partial charge in [-0.1, -0.05) is 49.8 Å². The smallest absolute Gasteiger partial charge is 0.237 e. The molecule has 1 atom stereocenters. The lowest BCUT2D eigenvalue weighted by molar-refractivity contribution is -0.123. The Balaban J connectivity index is 1.97. The third-order valence-corrected chi connectivity index (χ3v) is 5.41. The summed E-state index contributed by atoms with van der Waals surface area (Å²) in [6.07, 6.45) is 4.37. The van der Waals surface area contributed by atoms with Crippen LogP contribution in [-0.2, 0) is 4.79 Å². The van der Waals surface area contributed by atoms with Gasteiger partial charge in [0.2, 0.25) is 5.91 Å². The van der Waals surface area contributed by atoms with Gasteiger partial charge in [-0.2, -0.15) is 0 Å². The largest absolute Gasteiger partial charge is 0.355 e. The summed E-state index contributed by atoms with van der Waals surface area (Å²) in [6.45, 7) is 9.52. The molecule has 0 aliphatic heterocycles. The minimum atomic E-state index is -0.282. The monoisotopic (exact) mass is 442 g/mol. The van der Waals surface area contributed by atoms with Crippen LogP contribution in [0.2, 0.25) is 0 Å². The molecule has 5 heteroatoms. The molecule has 2 aromatic rings. The van der Waals surface area contributed by atoms with Crippen molar-refractivity contribution in [2.24, 2.45) is 5.92 Å². The summed E-state index contributed by atoms with van der Waals surface area (Å²) in [6, 6.07) is 12.6. The maximum atomic E-state index is 13.4. The number of hydrogen-bond donors (Lipinski definition) is 2. The number of allylic oxidation sites excluding steroid dienone is 1. The van der Waals surface area contributed by atoms with Gasteiger partial charge in [-0.3, -0.25) is 4.79 Å². The molecule has 0 aromatic heterocycles. The van der Waals surface area contributed by atoms with Gasteiger partial charge in [-0.05, 0) is 74.4 Å². The van der Waals surface area contributed by atoms with Gasteiger partial charge in [0, 0.05) is 19.0 Å². The summed E-state index contributed by atoms with van der Waals surface area (Å²) < 4.78 is 26.8. The van der Waals surface area contributed by atoms with Crippen molar-refractivity contribution in [2.75, 3.05) is 13.1 Å². The Labute approximate surface area is 191 Å². The number of halogens is 2. The zero-order valence-electron chi connectivity index (χ0n) is 19.6. The standard InChI is InChI=1S/C27H36F2N2O/c1-19(2)15-17-30-26(18-20(3)4)27(32)31-16-5-6-25(21-7-11-23(28)12-8-21)22-9-13-24(29)14-10-22/h7-15,20,25-26,30H,5-6,16-18H2,1-4H3,(H,31,32)/t26-/m0/s1. The van der Waals surface area contributed by atoms with E-state index in [0.29, 0.717) is 19.0 Å². The maximum Gasteiger partial charge on any atom is 0.237 e. The highest BCUT2D eigenvalue weighted by molar-refractivity contribution is 5.81. The molecule has 0 saturated heterocycles. The molecule has 0 aliphatic rings. The molecule has 0 heterocycles. The average Bonchev–Trinajstić information content (AvgIpc) is 2.74. The molecule has 2 aromatic carbocycles. The van der Waals surface area contributed by atoms with Crippen molar-refractivity contribution in [3.63, 3.8) is 0 Å². The Bertz CT molecular complexity index is 811. The lowest BCUT2D eigenvalue weighted by atomic mass is 9.87. The highest BCUT2D eigenvalue weighted by Gasteiger charge is 2.19. The minimum absolute atomic E-state index is 0.00959. The number of hydrogen-bond acceptors (Lipinski definition) is 2. The quantitative estimate of drug-likeness (QED) is 0.314. The molecule has 32 heavy (non-hydrogen) atoms. The Morgan fingerprint density at radius 2 is 1.47 bits per heavy atom. The van der Waals surface area contributed by atoms with Gasteiger partial charge in [0.05, 0.1) is 6.04 Å². The van der Waals surface area contributed by atoms with E-state index < -0.39 is 0 Å². The van der Waals surface area contributed by atoms with E-state index in [2.05, 4.69) is 30.6 Å². The molecule has 3 nitrogen and oxygen atoms in total. The van der Waals surface area contributed by atoms with Crippen LogP contribution in [0.5, 0.6) is 0 Å². The predicted octanol–water partition coefficient (Wildman–Crippen LogP) is 5.96. The molecule has 0 radical (unpaired) electrons. The summed E-state index contributed by atoms with van der Waals surface area (Å²) in [7, 11) is 0. The SMILES string of the molecule is CC(C)=CCN[C@@H](CC(C)C)C(=O)NCCCC(c1ccc(F)cc1)c1ccc(F)cc1. The first kappa shape index (κ1) is 25.7. The van der Waals surface area contributed by atoms with E-state index >= 15 is 0 Å². The van der Waals surface area contributed by atoms with Crippen LogP contribution in [0.15, 0.2) is 60.2 Å². The van der Waals surface area contributed by atoms with Gasteiger partial charge in [0.1, 0.15) is 11.6 Å². The maximum absolute atomic E-state index is 13.4. The van der Waals surface area contributed by atoms with Crippen molar-refractivity contribution in [2.45, 2.75) is 58.9 Å². The fraction of sp³-hybridized carbons (Fsp3) is 0.444. The van der Waals surface area contributed by atoms with Crippen LogP contribution in [0.1, 0.15) is 64.0 Å². The number of rotatable bonds is 12. The van der Waals surface area contributed by atoms with Crippen molar-refractivity contribution in [3.8, 4) is 0 Å². The van der Waals surface area contributed by atoms with Crippen LogP contribution in [0.3, 0.4) is 0 Å². The average molecular weight is 443 g/mol. The Kier molecular flexibility index (Phi) is 10.5. The molecule has 0 bridgehead atoms. The van der Waals surface area contributed by atoms with E-state index in [1.165, 1.54) is 29.8 Å². The Hall–Kier alpha value is -2.53. The van der Waals surface area contributed by atoms with E-state index in [1.807, 2.05) is 13.8 Å². The first-order valence-electron chi connectivity index (χ1n) is 11.4. The highest BCUT2D eigenvalue weighted by Crippen LogP contribution is 2.29. The molecular weight excluding hydrogens is 406 g/mol. The van der Waals surface area contributed by atoms with Gasteiger partial charge in [0.15, 0.2) is 0 Å². The Morgan fingerprint density at radius 3 is 1.94 bits per heavy atom. The van der Waals surface area contributed by atoms with E-state index in [4.69, 9.17) is 0 Å². The van der Waals surface area contributed by atoms with Crippen LogP contribution >= 0.6 is 0 Å². The molecule has 0 spiro atoms. The first-order chi connectivity index (χ1) is 15.3. The van der Waals surface area contributed by atoms with Gasteiger partial charge in [0.25, 0.3) is 0 Å². The molecule has 0 aliphatic carbocycles. The molecule has 0 unspecified atom stereocenters. The van der Waals surface area contributed by atoms with E-state index in [-0.39, 0.29) is 29.5 Å². The summed E-state index contributed by atoms with van der Waals surface area (Å²) in [5.41, 5.74) is 3.17. The second kappa shape index (κ2) is 13.1. The summed E-state index contributed by atoms with van der Waals surface area (Å²) in [5.74, 6) is -0.131. The molecule has 2 N–H and O–H groups in total. The number of carbonyl (C=O) groups excluding carboxylic acids is 1. The van der Waals surface area contributed by atoms with E-state index in [0.717, 1.165) is 30.4 Å². The van der Waals surface area contributed by atoms with Crippen LogP contribution in [0.4, 0.5) is 8.78 Å². The molecule has 1 amide bonds. The fourth-order valence-corrected chi connectivity index (χ4v) is 3.72. The number of carbonyl (C=O) groups is 1. The molecular formula is C27H36F2N2O. The number of nitrogens with one attached hydrogen (secondary N) is 2. The van der Waals surface area contributed by atoms with Gasteiger partial charge in [-0.25, -0.2) is 8.78 Å². The van der Waals surface area contributed by atoms with E-state index in [1.54, 1.807) is 24.3 Å². The summed E-state index contributed by atoms with van der Waals surface area (Å²) >= 11 is 0. The lowest BCUT2D eigenvalue weighted by Crippen LogP contribution is -2.45. The second-order valence-electron chi connectivity index (χ2n) is 8.96. The van der Waals surface area contributed by atoms with Crippen molar-refractivity contribution >= 4 is 5.91 Å². The third kappa shape index (κ3) is 8.91. The normalized spacial score (nSPS) is 12.1. The molecule has 174 valence electrons. The van der Waals surface area contributed by atoms with Crippen LogP contribution < -0.4 is 10.6 Å². The molecule has 0 fully saturated rings. The zero-order valence-corrected chi connectivity index (χ0v) is 19.6. The van der Waals surface area contributed by atoms with Crippen LogP contribution in [0, 0.1) is 17.6 Å². The summed E-state index contributed by atoms with van der Waals surface area (Å²) in [5, 5.41) is 6.40. The Morgan fingerprint density at radius 1 is 0.938 bits per heavy atom. The lowest BCUT2D eigenvalue weighted by Gasteiger charge is -2.21. The summed E-state index contributed by atoms with van der Waals surface area (Å²) in [4.78, 5) is 12.7.